The fourth-order valence-electron chi connectivity index (χ4n) is 1.16. The van der Waals surface area contributed by atoms with Crippen molar-refractivity contribution in [2.45, 2.75) is 11.8 Å². The molecule has 0 N–H and O–H groups in total. The molecule has 0 saturated carbocycles. The van der Waals surface area contributed by atoms with Gasteiger partial charge in [-0.1, -0.05) is 6.07 Å². The van der Waals surface area contributed by atoms with E-state index in [0.717, 1.165) is 11.3 Å². The monoisotopic (exact) mass is 280 g/mol. The minimum atomic E-state index is -3.75. The molecule has 0 spiro atoms. The summed E-state index contributed by atoms with van der Waals surface area (Å²) in [5, 5.41) is 0. The van der Waals surface area contributed by atoms with Crippen LogP contribution < -0.4 is 4.74 Å². The Labute approximate surface area is 105 Å². The van der Waals surface area contributed by atoms with Crippen molar-refractivity contribution in [3.05, 3.63) is 23.8 Å². The summed E-state index contributed by atoms with van der Waals surface area (Å²) in [7, 11) is 1.58. The Morgan fingerprint density at radius 2 is 2.12 bits per heavy atom. The molecule has 0 aliphatic heterocycles. The molecule has 16 heavy (non-hydrogen) atoms. The average molecular weight is 281 g/mol. The van der Waals surface area contributed by atoms with Crippen molar-refractivity contribution in [3.8, 4) is 5.75 Å². The Hall–Kier alpha value is -0.390. The normalized spacial score (nSPS) is 11.4. The third-order valence-electron chi connectivity index (χ3n) is 1.91. The van der Waals surface area contributed by atoms with E-state index in [1.165, 1.54) is 6.07 Å². The second kappa shape index (κ2) is 5.80. The molecular weight excluding hydrogens is 268 g/mol. The SMILES string of the molecule is CSCCOc1ccc(C)cc1S(=O)(=O)Cl. The van der Waals surface area contributed by atoms with Gasteiger partial charge in [-0.2, -0.15) is 11.8 Å². The number of aryl methyl sites for hydroxylation is 1. The van der Waals surface area contributed by atoms with E-state index in [2.05, 4.69) is 0 Å². The van der Waals surface area contributed by atoms with Crippen molar-refractivity contribution in [3.63, 3.8) is 0 Å². The predicted octanol–water partition coefficient (Wildman–Crippen LogP) is 2.66. The molecule has 1 aromatic rings. The second-order valence-corrected chi connectivity index (χ2v) is 6.75. The maximum atomic E-state index is 11.3. The Morgan fingerprint density at radius 3 is 2.69 bits per heavy atom. The van der Waals surface area contributed by atoms with Gasteiger partial charge in [-0.05, 0) is 30.9 Å². The molecule has 0 unspecified atom stereocenters. The van der Waals surface area contributed by atoms with Gasteiger partial charge in [0.25, 0.3) is 9.05 Å². The predicted molar refractivity (Wildman–Crippen MR) is 68.1 cm³/mol. The van der Waals surface area contributed by atoms with Crippen molar-refractivity contribution in [2.24, 2.45) is 0 Å². The molecule has 0 bridgehead atoms. The van der Waals surface area contributed by atoms with Gasteiger partial charge in [0.2, 0.25) is 0 Å². The summed E-state index contributed by atoms with van der Waals surface area (Å²) in [5.41, 5.74) is 0.830. The first-order valence-electron chi connectivity index (χ1n) is 4.62. The van der Waals surface area contributed by atoms with Crippen LogP contribution in [0.5, 0.6) is 5.75 Å². The summed E-state index contributed by atoms with van der Waals surface area (Å²) < 4.78 is 28.0. The second-order valence-electron chi connectivity index (χ2n) is 3.23. The highest BCUT2D eigenvalue weighted by Crippen LogP contribution is 2.27. The van der Waals surface area contributed by atoms with Gasteiger partial charge in [0.15, 0.2) is 0 Å². The van der Waals surface area contributed by atoms with E-state index < -0.39 is 9.05 Å². The molecule has 1 aromatic carbocycles. The van der Waals surface area contributed by atoms with E-state index in [1.54, 1.807) is 30.8 Å². The van der Waals surface area contributed by atoms with Crippen LogP contribution >= 0.6 is 22.4 Å². The summed E-state index contributed by atoms with van der Waals surface area (Å²) in [4.78, 5) is 0.0373. The van der Waals surface area contributed by atoms with E-state index in [0.29, 0.717) is 12.4 Å². The number of benzene rings is 1. The number of thioether (sulfide) groups is 1. The maximum absolute atomic E-state index is 11.3. The van der Waals surface area contributed by atoms with Gasteiger partial charge in [0.1, 0.15) is 10.6 Å². The van der Waals surface area contributed by atoms with Crippen LogP contribution in [0.3, 0.4) is 0 Å². The number of halogens is 1. The van der Waals surface area contributed by atoms with Crippen LogP contribution in [0, 0.1) is 6.92 Å². The molecule has 0 aliphatic carbocycles. The van der Waals surface area contributed by atoms with Crippen molar-refractivity contribution < 1.29 is 13.2 Å². The first kappa shape index (κ1) is 13.7. The third kappa shape index (κ3) is 3.88. The lowest BCUT2D eigenvalue weighted by Crippen LogP contribution is -2.04. The minimum Gasteiger partial charge on any atom is -0.491 e. The molecule has 0 atom stereocenters. The first-order valence-corrected chi connectivity index (χ1v) is 8.32. The van der Waals surface area contributed by atoms with E-state index in [1.807, 2.05) is 6.26 Å². The van der Waals surface area contributed by atoms with E-state index in [9.17, 15) is 8.42 Å². The largest absolute Gasteiger partial charge is 0.491 e. The number of rotatable bonds is 5. The van der Waals surface area contributed by atoms with Gasteiger partial charge in [-0.15, -0.1) is 0 Å². The summed E-state index contributed by atoms with van der Waals surface area (Å²) in [6, 6.07) is 4.93. The third-order valence-corrected chi connectivity index (χ3v) is 3.82. The topological polar surface area (TPSA) is 43.4 Å². The lowest BCUT2D eigenvalue weighted by molar-refractivity contribution is 0.335. The molecule has 0 radical (unpaired) electrons. The highest BCUT2D eigenvalue weighted by atomic mass is 35.7. The molecule has 0 fully saturated rings. The molecule has 6 heteroatoms. The van der Waals surface area contributed by atoms with Crippen molar-refractivity contribution in [2.75, 3.05) is 18.6 Å². The Balaban J connectivity index is 2.99. The van der Waals surface area contributed by atoms with Crippen molar-refractivity contribution in [1.82, 2.24) is 0 Å². The fraction of sp³-hybridized carbons (Fsp3) is 0.400. The number of hydrogen-bond donors (Lipinski definition) is 0. The van der Waals surface area contributed by atoms with Gasteiger partial charge in [0.05, 0.1) is 6.61 Å². The van der Waals surface area contributed by atoms with E-state index in [4.69, 9.17) is 15.4 Å². The van der Waals surface area contributed by atoms with Crippen LogP contribution in [-0.4, -0.2) is 27.0 Å². The lowest BCUT2D eigenvalue weighted by Gasteiger charge is -2.09. The average Bonchev–Trinajstić information content (AvgIpc) is 2.19. The summed E-state index contributed by atoms with van der Waals surface area (Å²) >= 11 is 1.63. The molecule has 3 nitrogen and oxygen atoms in total. The van der Waals surface area contributed by atoms with Crippen molar-refractivity contribution in [1.29, 1.82) is 0 Å². The minimum absolute atomic E-state index is 0.0373. The van der Waals surface area contributed by atoms with Crippen LogP contribution in [-0.2, 0) is 9.05 Å². The summed E-state index contributed by atoms with van der Waals surface area (Å²) in [6.45, 7) is 2.26. The van der Waals surface area contributed by atoms with Gasteiger partial charge in [-0.25, -0.2) is 8.42 Å². The number of ether oxygens (including phenoxy) is 1. The zero-order chi connectivity index (χ0) is 12.2. The van der Waals surface area contributed by atoms with Crippen LogP contribution in [0.15, 0.2) is 23.1 Å². The van der Waals surface area contributed by atoms with Crippen LogP contribution in [0.1, 0.15) is 5.56 Å². The molecule has 90 valence electrons. The summed E-state index contributed by atoms with van der Waals surface area (Å²) in [6.07, 6.45) is 1.96. The quantitative estimate of drug-likeness (QED) is 0.614. The van der Waals surface area contributed by atoms with Gasteiger partial charge in [-0.3, -0.25) is 0 Å². The first-order chi connectivity index (χ1) is 7.45. The Bertz CT molecular complexity index is 457. The molecule has 0 aliphatic rings. The van der Waals surface area contributed by atoms with Gasteiger partial charge in [0, 0.05) is 16.4 Å². The zero-order valence-electron chi connectivity index (χ0n) is 9.07. The summed E-state index contributed by atoms with van der Waals surface area (Å²) in [5.74, 6) is 1.12. The van der Waals surface area contributed by atoms with Crippen LogP contribution in [0.25, 0.3) is 0 Å². The van der Waals surface area contributed by atoms with Crippen LogP contribution in [0.4, 0.5) is 0 Å². The highest BCUT2D eigenvalue weighted by Gasteiger charge is 2.16. The lowest BCUT2D eigenvalue weighted by atomic mass is 10.2. The highest BCUT2D eigenvalue weighted by molar-refractivity contribution is 8.13. The molecule has 0 saturated heterocycles. The molecule has 1 rings (SSSR count). The van der Waals surface area contributed by atoms with Crippen LogP contribution in [0.2, 0.25) is 0 Å². The van der Waals surface area contributed by atoms with E-state index in [-0.39, 0.29) is 4.90 Å². The Kier molecular flexibility index (Phi) is 4.95. The standard InChI is InChI=1S/C10H13ClO3S2/c1-8-3-4-9(14-5-6-15-2)10(7-8)16(11,12)13/h3-4,7H,5-6H2,1-2H3. The molecule has 0 aromatic heterocycles. The molecule has 0 heterocycles. The smallest absolute Gasteiger partial charge is 0.264 e. The molecule has 0 amide bonds. The van der Waals surface area contributed by atoms with Gasteiger partial charge >= 0.3 is 0 Å². The Morgan fingerprint density at radius 1 is 1.44 bits per heavy atom. The zero-order valence-corrected chi connectivity index (χ0v) is 11.5. The van der Waals surface area contributed by atoms with Crippen molar-refractivity contribution >= 4 is 31.5 Å². The number of hydrogen-bond acceptors (Lipinski definition) is 4. The maximum Gasteiger partial charge on any atom is 0.264 e. The van der Waals surface area contributed by atoms with E-state index >= 15 is 0 Å². The fourth-order valence-corrected chi connectivity index (χ4v) is 2.47. The molecular formula is C10H13ClO3S2. The van der Waals surface area contributed by atoms with Gasteiger partial charge < -0.3 is 4.74 Å².